The van der Waals surface area contributed by atoms with Crippen LogP contribution in [0.25, 0.3) is 0 Å². The van der Waals surface area contributed by atoms with Crippen LogP contribution in [0.4, 0.5) is 13.2 Å². The Labute approximate surface area is 117 Å². The maximum absolute atomic E-state index is 12.4. The van der Waals surface area contributed by atoms with Crippen molar-refractivity contribution in [1.82, 2.24) is 10.2 Å². The van der Waals surface area contributed by atoms with Gasteiger partial charge in [-0.25, -0.2) is 0 Å². The van der Waals surface area contributed by atoms with E-state index in [1.807, 2.05) is 31.2 Å². The second-order valence-corrected chi connectivity index (χ2v) is 4.70. The summed E-state index contributed by atoms with van der Waals surface area (Å²) in [5, 5.41) is 3.20. The molecule has 6 heteroatoms. The number of likely N-dealkylation sites (N-methyl/N-ethyl adjacent to an activating group) is 2. The first-order chi connectivity index (χ1) is 9.35. The molecule has 114 valence electrons. The molecular weight excluding hydrogens is 269 g/mol. The monoisotopic (exact) mass is 290 g/mol. The smallest absolute Gasteiger partial charge is 0.401 e. The lowest BCUT2D eigenvalue weighted by molar-refractivity contribution is -0.143. The zero-order chi connectivity index (χ0) is 15.2. The Kier molecular flexibility index (Phi) is 6.29. The summed E-state index contributed by atoms with van der Waals surface area (Å²) in [5.41, 5.74) is 0.946. The third-order valence-electron chi connectivity index (χ3n) is 2.91. The molecule has 20 heavy (non-hydrogen) atoms. The van der Waals surface area contributed by atoms with Crippen LogP contribution >= 0.6 is 0 Å². The molecule has 0 aliphatic rings. The highest BCUT2D eigenvalue weighted by Crippen LogP contribution is 2.21. The van der Waals surface area contributed by atoms with Crippen molar-refractivity contribution in [1.29, 1.82) is 0 Å². The number of rotatable bonds is 7. The summed E-state index contributed by atoms with van der Waals surface area (Å²) < 4.78 is 42.2. The first kappa shape index (κ1) is 16.8. The quantitative estimate of drug-likeness (QED) is 0.835. The molecule has 1 unspecified atom stereocenters. The van der Waals surface area contributed by atoms with Crippen molar-refractivity contribution in [2.75, 3.05) is 33.8 Å². The fourth-order valence-electron chi connectivity index (χ4n) is 2.05. The van der Waals surface area contributed by atoms with Gasteiger partial charge in [-0.05, 0) is 31.3 Å². The van der Waals surface area contributed by atoms with Crippen LogP contribution in [-0.4, -0.2) is 44.9 Å². The summed E-state index contributed by atoms with van der Waals surface area (Å²) in [7, 11) is 3.05. The van der Waals surface area contributed by atoms with Crippen LogP contribution in [0.1, 0.15) is 18.5 Å². The summed E-state index contributed by atoms with van der Waals surface area (Å²) >= 11 is 0. The predicted molar refractivity (Wildman–Crippen MR) is 73.0 cm³/mol. The SMILES string of the molecule is CCNC(CN(C)CC(F)(F)F)c1ccc(OC)cc1. The van der Waals surface area contributed by atoms with Gasteiger partial charge >= 0.3 is 6.18 Å². The summed E-state index contributed by atoms with van der Waals surface area (Å²) in [6, 6.07) is 7.21. The van der Waals surface area contributed by atoms with Crippen LogP contribution in [0.15, 0.2) is 24.3 Å². The van der Waals surface area contributed by atoms with Crippen molar-refractivity contribution >= 4 is 0 Å². The molecule has 0 saturated carbocycles. The molecule has 0 heterocycles. The van der Waals surface area contributed by atoms with Gasteiger partial charge in [0.05, 0.1) is 13.7 Å². The second-order valence-electron chi connectivity index (χ2n) is 4.70. The van der Waals surface area contributed by atoms with Crippen LogP contribution in [0.2, 0.25) is 0 Å². The minimum Gasteiger partial charge on any atom is -0.497 e. The van der Waals surface area contributed by atoms with Gasteiger partial charge in [0.15, 0.2) is 0 Å². The molecule has 0 aliphatic heterocycles. The van der Waals surface area contributed by atoms with E-state index in [4.69, 9.17) is 4.74 Å². The molecule has 0 spiro atoms. The zero-order valence-electron chi connectivity index (χ0n) is 12.0. The van der Waals surface area contributed by atoms with E-state index < -0.39 is 12.7 Å². The van der Waals surface area contributed by atoms with Crippen LogP contribution in [0.3, 0.4) is 0 Å². The van der Waals surface area contributed by atoms with Gasteiger partial charge in [-0.15, -0.1) is 0 Å². The van der Waals surface area contributed by atoms with Gasteiger partial charge in [-0.3, -0.25) is 4.90 Å². The van der Waals surface area contributed by atoms with Crippen molar-refractivity contribution in [2.24, 2.45) is 0 Å². The fraction of sp³-hybridized carbons (Fsp3) is 0.571. The number of nitrogens with zero attached hydrogens (tertiary/aromatic N) is 1. The predicted octanol–water partition coefficient (Wildman–Crippen LogP) is 2.84. The molecular formula is C14H21F3N2O. The van der Waals surface area contributed by atoms with Crippen LogP contribution in [0, 0.1) is 0 Å². The highest BCUT2D eigenvalue weighted by molar-refractivity contribution is 5.29. The fourth-order valence-corrected chi connectivity index (χ4v) is 2.05. The lowest BCUT2D eigenvalue weighted by atomic mass is 10.1. The second kappa shape index (κ2) is 7.50. The molecule has 0 radical (unpaired) electrons. The Morgan fingerprint density at radius 1 is 1.25 bits per heavy atom. The summed E-state index contributed by atoms with van der Waals surface area (Å²) in [4.78, 5) is 1.28. The normalized spacial score (nSPS) is 13.6. The largest absolute Gasteiger partial charge is 0.497 e. The highest BCUT2D eigenvalue weighted by Gasteiger charge is 2.30. The third-order valence-corrected chi connectivity index (χ3v) is 2.91. The van der Waals surface area contributed by atoms with Gasteiger partial charge in [0.2, 0.25) is 0 Å². The standard InChI is InChI=1S/C14H21F3N2O/c1-4-18-13(9-19(2)10-14(15,16)17)11-5-7-12(20-3)8-6-11/h5-8,13,18H,4,9-10H2,1-3H3. The van der Waals surface area contributed by atoms with Crippen LogP contribution < -0.4 is 10.1 Å². The maximum Gasteiger partial charge on any atom is 0.401 e. The van der Waals surface area contributed by atoms with Gasteiger partial charge in [-0.1, -0.05) is 19.1 Å². The van der Waals surface area contributed by atoms with Crippen molar-refractivity contribution in [3.8, 4) is 5.75 Å². The van der Waals surface area contributed by atoms with Gasteiger partial charge in [0.1, 0.15) is 5.75 Å². The topological polar surface area (TPSA) is 24.5 Å². The number of nitrogens with one attached hydrogen (secondary N) is 1. The maximum atomic E-state index is 12.4. The zero-order valence-corrected chi connectivity index (χ0v) is 12.0. The van der Waals surface area contributed by atoms with Gasteiger partial charge in [0, 0.05) is 12.6 Å². The Morgan fingerprint density at radius 2 is 1.85 bits per heavy atom. The molecule has 1 rings (SSSR count). The lowest BCUT2D eigenvalue weighted by Gasteiger charge is -2.26. The van der Waals surface area contributed by atoms with E-state index in [-0.39, 0.29) is 6.04 Å². The first-order valence-electron chi connectivity index (χ1n) is 6.48. The van der Waals surface area contributed by atoms with Crippen molar-refractivity contribution in [3.63, 3.8) is 0 Å². The number of methoxy groups -OCH3 is 1. The number of halogens is 3. The molecule has 1 aromatic carbocycles. The minimum atomic E-state index is -4.18. The molecule has 0 fully saturated rings. The Bertz CT molecular complexity index is 392. The molecule has 0 amide bonds. The lowest BCUT2D eigenvalue weighted by Crippen LogP contribution is -2.38. The number of hydrogen-bond acceptors (Lipinski definition) is 3. The van der Waals surface area contributed by atoms with Gasteiger partial charge in [0.25, 0.3) is 0 Å². The molecule has 0 aromatic heterocycles. The van der Waals surface area contributed by atoms with Crippen LogP contribution in [-0.2, 0) is 0 Å². The van der Waals surface area contributed by atoms with Crippen molar-refractivity contribution in [3.05, 3.63) is 29.8 Å². The van der Waals surface area contributed by atoms with E-state index in [1.165, 1.54) is 11.9 Å². The summed E-state index contributed by atoms with van der Waals surface area (Å²) in [5.74, 6) is 0.729. The minimum absolute atomic E-state index is 0.141. The van der Waals surface area contributed by atoms with E-state index in [1.54, 1.807) is 7.11 Å². The average Bonchev–Trinajstić information content (AvgIpc) is 2.36. The van der Waals surface area contributed by atoms with E-state index in [2.05, 4.69) is 5.32 Å². The number of benzene rings is 1. The third kappa shape index (κ3) is 5.79. The van der Waals surface area contributed by atoms with Crippen molar-refractivity contribution in [2.45, 2.75) is 19.1 Å². The van der Waals surface area contributed by atoms with Gasteiger partial charge < -0.3 is 10.1 Å². The van der Waals surface area contributed by atoms with Crippen molar-refractivity contribution < 1.29 is 17.9 Å². The van der Waals surface area contributed by atoms with E-state index >= 15 is 0 Å². The number of alkyl halides is 3. The molecule has 1 aromatic rings. The first-order valence-corrected chi connectivity index (χ1v) is 6.48. The van der Waals surface area contributed by atoms with Gasteiger partial charge in [-0.2, -0.15) is 13.2 Å². The molecule has 1 atom stereocenters. The number of hydrogen-bond donors (Lipinski definition) is 1. The van der Waals surface area contributed by atoms with E-state index in [9.17, 15) is 13.2 Å². The average molecular weight is 290 g/mol. The molecule has 0 aliphatic carbocycles. The Balaban J connectivity index is 2.72. The number of ether oxygens (including phenoxy) is 1. The highest BCUT2D eigenvalue weighted by atomic mass is 19.4. The van der Waals surface area contributed by atoms with Crippen LogP contribution in [0.5, 0.6) is 5.75 Å². The molecule has 0 bridgehead atoms. The Hall–Kier alpha value is -1.27. The summed E-state index contributed by atoms with van der Waals surface area (Å²) in [6.07, 6.45) is -4.18. The summed E-state index contributed by atoms with van der Waals surface area (Å²) in [6.45, 7) is 2.00. The van der Waals surface area contributed by atoms with E-state index in [0.717, 1.165) is 11.3 Å². The van der Waals surface area contributed by atoms with E-state index in [0.29, 0.717) is 13.1 Å². The molecule has 1 N–H and O–H groups in total. The molecule has 3 nitrogen and oxygen atoms in total. The Morgan fingerprint density at radius 3 is 2.30 bits per heavy atom. The molecule has 0 saturated heterocycles.